The lowest BCUT2D eigenvalue weighted by atomic mass is 9.90. The normalized spacial score (nSPS) is 12.3. The molecule has 116 valence electrons. The van der Waals surface area contributed by atoms with Crippen molar-refractivity contribution in [1.29, 1.82) is 0 Å². The summed E-state index contributed by atoms with van der Waals surface area (Å²) in [5, 5.41) is 0. The molecule has 0 radical (unpaired) electrons. The van der Waals surface area contributed by atoms with Gasteiger partial charge in [-0.1, -0.05) is 36.4 Å². The SMILES string of the molecule is C=C(C)c1ccc(C(C)(C)OOC(C)(C)C)cc1C(=C)C. The van der Waals surface area contributed by atoms with Gasteiger partial charge < -0.3 is 0 Å². The Hall–Kier alpha value is -1.38. The molecule has 1 rings (SSSR count). The molecule has 0 unspecified atom stereocenters. The molecule has 0 bridgehead atoms. The Balaban J connectivity index is 3.16. The molecule has 0 saturated carbocycles. The number of hydrogen-bond acceptors (Lipinski definition) is 2. The first-order chi connectivity index (χ1) is 9.44. The van der Waals surface area contributed by atoms with Gasteiger partial charge in [0.05, 0.1) is 5.60 Å². The van der Waals surface area contributed by atoms with Gasteiger partial charge in [-0.25, -0.2) is 9.78 Å². The lowest BCUT2D eigenvalue weighted by molar-refractivity contribution is -0.401. The number of rotatable bonds is 5. The second-order valence-electron chi connectivity index (χ2n) is 7.11. The van der Waals surface area contributed by atoms with E-state index in [0.717, 1.165) is 27.8 Å². The van der Waals surface area contributed by atoms with Gasteiger partial charge in [-0.15, -0.1) is 0 Å². The van der Waals surface area contributed by atoms with Gasteiger partial charge >= 0.3 is 0 Å². The minimum Gasteiger partial charge on any atom is -0.230 e. The molecule has 0 N–H and O–H groups in total. The van der Waals surface area contributed by atoms with Crippen LogP contribution in [0.15, 0.2) is 31.4 Å². The molecule has 2 nitrogen and oxygen atoms in total. The van der Waals surface area contributed by atoms with E-state index in [4.69, 9.17) is 9.78 Å². The summed E-state index contributed by atoms with van der Waals surface area (Å²) in [6.07, 6.45) is 0. The van der Waals surface area contributed by atoms with Gasteiger partial charge in [0, 0.05) is 0 Å². The van der Waals surface area contributed by atoms with Gasteiger partial charge in [-0.2, -0.15) is 0 Å². The van der Waals surface area contributed by atoms with Crippen molar-refractivity contribution < 1.29 is 9.78 Å². The standard InChI is InChI=1S/C19H28O2/c1-13(2)16-11-10-15(12-17(16)14(3)4)19(8,9)21-20-18(5,6)7/h10-12H,1,3H2,2,4-9H3. The minimum atomic E-state index is -0.537. The molecule has 0 heterocycles. The highest BCUT2D eigenvalue weighted by atomic mass is 17.2. The number of benzene rings is 1. The van der Waals surface area contributed by atoms with Crippen molar-refractivity contribution in [3.63, 3.8) is 0 Å². The molecule has 0 amide bonds. The highest BCUT2D eigenvalue weighted by Gasteiger charge is 2.26. The van der Waals surface area contributed by atoms with Crippen LogP contribution < -0.4 is 0 Å². The Morgan fingerprint density at radius 1 is 0.857 bits per heavy atom. The van der Waals surface area contributed by atoms with Crippen molar-refractivity contribution in [2.45, 2.75) is 59.7 Å². The monoisotopic (exact) mass is 288 g/mol. The molecule has 2 heteroatoms. The molecule has 21 heavy (non-hydrogen) atoms. The second-order valence-corrected chi connectivity index (χ2v) is 7.11. The van der Waals surface area contributed by atoms with Gasteiger partial charge in [-0.05, 0) is 71.2 Å². The fraction of sp³-hybridized carbons (Fsp3) is 0.474. The maximum Gasteiger partial charge on any atom is 0.123 e. The highest BCUT2D eigenvalue weighted by Crippen LogP contribution is 2.32. The average Bonchev–Trinajstić information content (AvgIpc) is 2.34. The zero-order chi connectivity index (χ0) is 16.4. The van der Waals surface area contributed by atoms with Crippen LogP contribution in [0.3, 0.4) is 0 Å². The van der Waals surface area contributed by atoms with Crippen LogP contribution in [0.25, 0.3) is 11.1 Å². The van der Waals surface area contributed by atoms with E-state index in [-0.39, 0.29) is 5.60 Å². The third-order valence-corrected chi connectivity index (χ3v) is 3.13. The van der Waals surface area contributed by atoms with Crippen LogP contribution in [0.4, 0.5) is 0 Å². The Bertz CT molecular complexity index is 545. The predicted octanol–water partition coefficient (Wildman–Crippen LogP) is 5.73. The zero-order valence-corrected chi connectivity index (χ0v) is 14.5. The summed E-state index contributed by atoms with van der Waals surface area (Å²) in [4.78, 5) is 11.1. The molecule has 0 aliphatic rings. The van der Waals surface area contributed by atoms with E-state index in [9.17, 15) is 0 Å². The minimum absolute atomic E-state index is 0.341. The van der Waals surface area contributed by atoms with Crippen molar-refractivity contribution in [1.82, 2.24) is 0 Å². The molecule has 0 fully saturated rings. The lowest BCUT2D eigenvalue weighted by Gasteiger charge is -2.29. The Morgan fingerprint density at radius 3 is 1.81 bits per heavy atom. The first kappa shape index (κ1) is 17.7. The molecule has 1 aromatic carbocycles. The maximum atomic E-state index is 5.66. The van der Waals surface area contributed by atoms with E-state index in [1.807, 2.05) is 48.5 Å². The summed E-state index contributed by atoms with van der Waals surface area (Å²) in [5.41, 5.74) is 4.45. The smallest absolute Gasteiger partial charge is 0.123 e. The number of allylic oxidation sites excluding steroid dienone is 2. The van der Waals surface area contributed by atoms with E-state index >= 15 is 0 Å². The Morgan fingerprint density at radius 2 is 1.38 bits per heavy atom. The summed E-state index contributed by atoms with van der Waals surface area (Å²) < 4.78 is 0. The molecule has 1 aromatic rings. The van der Waals surface area contributed by atoms with E-state index < -0.39 is 5.60 Å². The average molecular weight is 288 g/mol. The van der Waals surface area contributed by atoms with Gasteiger partial charge in [0.15, 0.2) is 0 Å². The topological polar surface area (TPSA) is 18.5 Å². The van der Waals surface area contributed by atoms with Crippen molar-refractivity contribution in [3.05, 3.63) is 48.0 Å². The fourth-order valence-corrected chi connectivity index (χ4v) is 1.92. The molecular formula is C19H28O2. The van der Waals surface area contributed by atoms with Gasteiger partial charge in [0.1, 0.15) is 5.60 Å². The summed E-state index contributed by atoms with van der Waals surface area (Å²) in [5.74, 6) is 0. The van der Waals surface area contributed by atoms with E-state index in [2.05, 4.69) is 31.4 Å². The third-order valence-electron chi connectivity index (χ3n) is 3.13. The van der Waals surface area contributed by atoms with Crippen molar-refractivity contribution >= 4 is 11.1 Å². The zero-order valence-electron chi connectivity index (χ0n) is 14.5. The molecule has 0 aliphatic carbocycles. The highest BCUT2D eigenvalue weighted by molar-refractivity contribution is 5.77. The van der Waals surface area contributed by atoms with Crippen LogP contribution in [0.2, 0.25) is 0 Å². The van der Waals surface area contributed by atoms with Crippen LogP contribution in [-0.4, -0.2) is 5.60 Å². The Kier molecular flexibility index (Phi) is 5.19. The second kappa shape index (κ2) is 6.17. The van der Waals surface area contributed by atoms with Crippen molar-refractivity contribution in [3.8, 4) is 0 Å². The lowest BCUT2D eigenvalue weighted by Crippen LogP contribution is -2.29. The molecular weight excluding hydrogens is 260 g/mol. The largest absolute Gasteiger partial charge is 0.230 e. The van der Waals surface area contributed by atoms with E-state index in [1.165, 1.54) is 0 Å². The maximum absolute atomic E-state index is 5.66. The van der Waals surface area contributed by atoms with Crippen LogP contribution in [0.1, 0.15) is 65.2 Å². The first-order valence-corrected chi connectivity index (χ1v) is 7.27. The summed E-state index contributed by atoms with van der Waals surface area (Å²) in [7, 11) is 0. The quantitative estimate of drug-likeness (QED) is 0.508. The molecule has 0 aromatic heterocycles. The van der Waals surface area contributed by atoms with Gasteiger partial charge in [0.25, 0.3) is 0 Å². The predicted molar refractivity (Wildman–Crippen MR) is 90.8 cm³/mol. The van der Waals surface area contributed by atoms with Crippen LogP contribution in [0.5, 0.6) is 0 Å². The summed E-state index contributed by atoms with van der Waals surface area (Å²) in [6, 6.07) is 6.24. The van der Waals surface area contributed by atoms with Crippen LogP contribution in [0, 0.1) is 0 Å². The first-order valence-electron chi connectivity index (χ1n) is 7.27. The van der Waals surface area contributed by atoms with Gasteiger partial charge in [-0.3, -0.25) is 0 Å². The number of hydrogen-bond donors (Lipinski definition) is 0. The third kappa shape index (κ3) is 4.83. The fourth-order valence-electron chi connectivity index (χ4n) is 1.92. The van der Waals surface area contributed by atoms with E-state index in [0.29, 0.717) is 0 Å². The van der Waals surface area contributed by atoms with E-state index in [1.54, 1.807) is 0 Å². The summed E-state index contributed by atoms with van der Waals surface area (Å²) in [6.45, 7) is 22.0. The van der Waals surface area contributed by atoms with Crippen LogP contribution >= 0.6 is 0 Å². The molecule has 0 spiro atoms. The van der Waals surface area contributed by atoms with Crippen molar-refractivity contribution in [2.24, 2.45) is 0 Å². The molecule has 0 atom stereocenters. The molecule has 0 aliphatic heterocycles. The van der Waals surface area contributed by atoms with Gasteiger partial charge in [0.2, 0.25) is 0 Å². The van der Waals surface area contributed by atoms with Crippen molar-refractivity contribution in [2.75, 3.05) is 0 Å². The summed E-state index contributed by atoms with van der Waals surface area (Å²) >= 11 is 0. The Labute approximate surface area is 129 Å². The molecule has 0 saturated heterocycles. The van der Waals surface area contributed by atoms with Crippen LogP contribution in [-0.2, 0) is 15.4 Å².